The van der Waals surface area contributed by atoms with Crippen LogP contribution in [0.1, 0.15) is 21.5 Å². The fourth-order valence-corrected chi connectivity index (χ4v) is 3.79. The molecule has 2 heterocycles. The third kappa shape index (κ3) is 5.80. The van der Waals surface area contributed by atoms with Crippen molar-refractivity contribution in [1.82, 2.24) is 15.0 Å². The Bertz CT molecular complexity index is 1370. The number of benzene rings is 2. The number of amides is 1. The van der Waals surface area contributed by atoms with Gasteiger partial charge < -0.3 is 16.4 Å². The number of nitrogens with zero attached hydrogens (tertiary/aromatic N) is 3. The highest BCUT2D eigenvalue weighted by Crippen LogP contribution is 2.25. The predicted molar refractivity (Wildman–Crippen MR) is 131 cm³/mol. The normalized spacial score (nSPS) is 10.8. The molecule has 4 rings (SSSR count). The van der Waals surface area contributed by atoms with Gasteiger partial charge in [-0.15, -0.1) is 0 Å². The second-order valence-electron chi connectivity index (χ2n) is 7.35. The van der Waals surface area contributed by atoms with Crippen LogP contribution in [0.4, 0.5) is 17.3 Å². The van der Waals surface area contributed by atoms with Crippen molar-refractivity contribution in [2.45, 2.75) is 12.3 Å². The number of hydrogen-bond donors (Lipinski definition) is 4. The Morgan fingerprint density at radius 2 is 1.82 bits per heavy atom. The molecule has 0 aliphatic heterocycles. The summed E-state index contributed by atoms with van der Waals surface area (Å²) in [4.78, 5) is 25.6. The Balaban J connectivity index is 1.53. The number of aromatic nitrogens is 3. The van der Waals surface area contributed by atoms with Crippen LogP contribution in [0.15, 0.2) is 79.3 Å². The van der Waals surface area contributed by atoms with Crippen molar-refractivity contribution in [3.63, 3.8) is 0 Å². The minimum Gasteiger partial charge on any atom is -0.326 e. The van der Waals surface area contributed by atoms with Crippen LogP contribution in [-0.2, 0) is 23.0 Å². The van der Waals surface area contributed by atoms with Gasteiger partial charge in [-0.25, -0.2) is 18.4 Å². The molecule has 0 bridgehead atoms. The molecule has 2 aromatic heterocycles. The lowest BCUT2D eigenvalue weighted by atomic mass is 10.1. The van der Waals surface area contributed by atoms with Gasteiger partial charge in [-0.2, -0.15) is 0 Å². The van der Waals surface area contributed by atoms with Crippen molar-refractivity contribution in [3.05, 3.63) is 95.9 Å². The Morgan fingerprint density at radius 1 is 1.00 bits per heavy atom. The minimum absolute atomic E-state index is 0.0587. The quantitative estimate of drug-likeness (QED) is 0.286. The standard InChI is InChI=1S/C24H22N6O3S/c25-13-18-7-8-20(28-23(31)17-5-3-16(4-6-17)15-34(32)33)12-22(18)30-24-27-11-9-21(29-24)19-2-1-10-26-14-19/h1-12,14,34H,13,15,25H2,(H,28,31)(H,27,29,30). The van der Waals surface area contributed by atoms with E-state index >= 15 is 0 Å². The molecule has 0 saturated carbocycles. The predicted octanol–water partition coefficient (Wildman–Crippen LogP) is 3.10. The van der Waals surface area contributed by atoms with Gasteiger partial charge in [0.15, 0.2) is 0 Å². The lowest BCUT2D eigenvalue weighted by Crippen LogP contribution is -2.13. The van der Waals surface area contributed by atoms with Gasteiger partial charge in [0.1, 0.15) is 10.7 Å². The number of carbonyl (C=O) groups excluding carboxylic acids is 1. The second kappa shape index (κ2) is 10.6. The maximum Gasteiger partial charge on any atom is 0.255 e. The number of hydrogen-bond acceptors (Lipinski definition) is 8. The van der Waals surface area contributed by atoms with E-state index in [2.05, 4.69) is 25.6 Å². The molecule has 9 nitrogen and oxygen atoms in total. The summed E-state index contributed by atoms with van der Waals surface area (Å²) in [6.45, 7) is 0.280. The molecule has 0 aliphatic carbocycles. The lowest BCUT2D eigenvalue weighted by molar-refractivity contribution is 0.102. The van der Waals surface area contributed by atoms with Gasteiger partial charge in [-0.3, -0.25) is 9.78 Å². The molecule has 10 heteroatoms. The Morgan fingerprint density at radius 3 is 2.53 bits per heavy atom. The van der Waals surface area contributed by atoms with Crippen LogP contribution in [0.5, 0.6) is 0 Å². The van der Waals surface area contributed by atoms with Crippen LogP contribution in [0.2, 0.25) is 0 Å². The topological polar surface area (TPSA) is 140 Å². The minimum atomic E-state index is -2.52. The Hall–Kier alpha value is -4.15. The van der Waals surface area contributed by atoms with E-state index in [9.17, 15) is 13.2 Å². The maximum atomic E-state index is 12.7. The van der Waals surface area contributed by atoms with Gasteiger partial charge in [-0.1, -0.05) is 18.2 Å². The summed E-state index contributed by atoms with van der Waals surface area (Å²) in [5.41, 5.74) is 10.6. The van der Waals surface area contributed by atoms with Crippen molar-refractivity contribution < 1.29 is 13.2 Å². The smallest absolute Gasteiger partial charge is 0.255 e. The highest BCUT2D eigenvalue weighted by molar-refractivity contribution is 7.71. The van der Waals surface area contributed by atoms with E-state index < -0.39 is 10.7 Å². The van der Waals surface area contributed by atoms with Crippen molar-refractivity contribution in [2.75, 3.05) is 10.6 Å². The first-order valence-corrected chi connectivity index (χ1v) is 11.7. The van der Waals surface area contributed by atoms with E-state index in [1.54, 1.807) is 61.1 Å². The molecule has 0 unspecified atom stereocenters. The summed E-state index contributed by atoms with van der Waals surface area (Å²) in [6, 6.07) is 17.3. The molecule has 0 atom stereocenters. The first kappa shape index (κ1) is 23.0. The molecule has 0 saturated heterocycles. The average molecular weight is 475 g/mol. The fourth-order valence-electron chi connectivity index (χ4n) is 3.28. The molecular weight excluding hydrogens is 452 g/mol. The molecule has 0 fully saturated rings. The fraction of sp³-hybridized carbons (Fsp3) is 0.0833. The van der Waals surface area contributed by atoms with Crippen molar-refractivity contribution >= 4 is 33.9 Å². The van der Waals surface area contributed by atoms with Crippen molar-refractivity contribution in [2.24, 2.45) is 5.73 Å². The zero-order valence-electron chi connectivity index (χ0n) is 18.0. The van der Waals surface area contributed by atoms with Gasteiger partial charge in [0.05, 0.1) is 11.4 Å². The summed E-state index contributed by atoms with van der Waals surface area (Å²) in [7, 11) is -2.52. The monoisotopic (exact) mass is 474 g/mol. The Labute approximate surface area is 198 Å². The second-order valence-corrected chi connectivity index (χ2v) is 8.33. The van der Waals surface area contributed by atoms with Crippen LogP contribution < -0.4 is 16.4 Å². The highest BCUT2D eigenvalue weighted by Gasteiger charge is 2.10. The molecule has 34 heavy (non-hydrogen) atoms. The zero-order valence-corrected chi connectivity index (χ0v) is 18.9. The zero-order chi connectivity index (χ0) is 23.9. The van der Waals surface area contributed by atoms with Crippen LogP contribution in [0.25, 0.3) is 11.3 Å². The average Bonchev–Trinajstić information content (AvgIpc) is 2.85. The molecule has 4 N–H and O–H groups in total. The third-order valence-electron chi connectivity index (χ3n) is 4.97. The molecule has 0 spiro atoms. The van der Waals surface area contributed by atoms with Gasteiger partial charge in [0, 0.05) is 47.6 Å². The van der Waals surface area contributed by atoms with Crippen molar-refractivity contribution in [3.8, 4) is 11.3 Å². The van der Waals surface area contributed by atoms with E-state index in [0.29, 0.717) is 34.1 Å². The number of carbonyl (C=O) groups is 1. The number of nitrogens with one attached hydrogen (secondary N) is 2. The van der Waals surface area contributed by atoms with Crippen molar-refractivity contribution in [1.29, 1.82) is 0 Å². The van der Waals surface area contributed by atoms with Crippen LogP contribution in [0.3, 0.4) is 0 Å². The third-order valence-corrected chi connectivity index (χ3v) is 5.60. The SMILES string of the molecule is NCc1ccc(NC(=O)c2ccc(C[SH](=O)=O)cc2)cc1Nc1nccc(-c2cccnc2)n1. The van der Waals surface area contributed by atoms with Crippen LogP contribution >= 0.6 is 0 Å². The lowest BCUT2D eigenvalue weighted by Gasteiger charge is -2.13. The molecule has 4 aromatic rings. The highest BCUT2D eigenvalue weighted by atomic mass is 32.2. The number of thiol groups is 1. The van der Waals surface area contributed by atoms with Gasteiger partial charge in [0.25, 0.3) is 5.91 Å². The van der Waals surface area contributed by atoms with E-state index in [0.717, 1.165) is 11.1 Å². The summed E-state index contributed by atoms with van der Waals surface area (Å²) in [5, 5.41) is 6.03. The van der Waals surface area contributed by atoms with E-state index in [4.69, 9.17) is 5.73 Å². The molecule has 0 aliphatic rings. The summed E-state index contributed by atoms with van der Waals surface area (Å²) in [5.74, 6) is 0.00260. The number of rotatable bonds is 8. The number of pyridine rings is 1. The number of anilines is 3. The van der Waals surface area contributed by atoms with E-state index in [1.165, 1.54) is 0 Å². The molecule has 172 valence electrons. The Kier molecular flexibility index (Phi) is 7.21. The molecule has 0 radical (unpaired) electrons. The first-order chi connectivity index (χ1) is 16.5. The first-order valence-electron chi connectivity index (χ1n) is 10.4. The summed E-state index contributed by atoms with van der Waals surface area (Å²) >= 11 is 0. The van der Waals surface area contributed by atoms with Crippen LogP contribution in [0, 0.1) is 0 Å². The summed E-state index contributed by atoms with van der Waals surface area (Å²) < 4.78 is 21.7. The van der Waals surface area contributed by atoms with E-state index in [-0.39, 0.29) is 18.2 Å². The van der Waals surface area contributed by atoms with Crippen LogP contribution in [-0.4, -0.2) is 29.3 Å². The number of nitrogens with two attached hydrogens (primary N) is 1. The summed E-state index contributed by atoms with van der Waals surface area (Å²) in [6.07, 6.45) is 5.07. The maximum absolute atomic E-state index is 12.7. The van der Waals surface area contributed by atoms with Gasteiger partial charge in [0.2, 0.25) is 5.95 Å². The van der Waals surface area contributed by atoms with Gasteiger partial charge in [-0.05, 0) is 53.6 Å². The largest absolute Gasteiger partial charge is 0.326 e. The van der Waals surface area contributed by atoms with E-state index in [1.807, 2.05) is 18.2 Å². The molecule has 1 amide bonds. The molecular formula is C24H22N6O3S. The molecule has 2 aromatic carbocycles. The van der Waals surface area contributed by atoms with Gasteiger partial charge >= 0.3 is 0 Å².